The Morgan fingerprint density at radius 3 is 2.89 bits per heavy atom. The van der Waals surface area contributed by atoms with E-state index >= 15 is 0 Å². The summed E-state index contributed by atoms with van der Waals surface area (Å²) in [4.78, 5) is 15.8. The van der Waals surface area contributed by atoms with Crippen LogP contribution in [0.25, 0.3) is 0 Å². The minimum Gasteiger partial charge on any atom is -0.354 e. The van der Waals surface area contributed by atoms with Crippen LogP contribution in [0.3, 0.4) is 0 Å². The van der Waals surface area contributed by atoms with Gasteiger partial charge in [0.05, 0.1) is 6.04 Å². The van der Waals surface area contributed by atoms with Crippen LogP contribution >= 0.6 is 24.8 Å². The summed E-state index contributed by atoms with van der Waals surface area (Å²) in [6.07, 6.45) is 7.72. The van der Waals surface area contributed by atoms with Gasteiger partial charge in [-0.25, -0.2) is 0 Å². The Morgan fingerprint density at radius 1 is 1.42 bits per heavy atom. The highest BCUT2D eigenvalue weighted by Gasteiger charge is 2.19. The van der Waals surface area contributed by atoms with Crippen molar-refractivity contribution in [1.82, 2.24) is 15.6 Å². The highest BCUT2D eigenvalue weighted by molar-refractivity contribution is 5.85. The first-order valence-electron chi connectivity index (χ1n) is 6.26. The topological polar surface area (TPSA) is 54.0 Å². The van der Waals surface area contributed by atoms with Crippen molar-refractivity contribution >= 4 is 30.7 Å². The molecule has 108 valence electrons. The van der Waals surface area contributed by atoms with E-state index in [2.05, 4.69) is 15.6 Å². The summed E-state index contributed by atoms with van der Waals surface area (Å²) in [5.41, 5.74) is 1.16. The van der Waals surface area contributed by atoms with Crippen molar-refractivity contribution in [3.8, 4) is 0 Å². The van der Waals surface area contributed by atoms with E-state index in [1.165, 1.54) is 6.42 Å². The Labute approximate surface area is 126 Å². The average Bonchev–Trinajstić information content (AvgIpc) is 2.41. The van der Waals surface area contributed by atoms with Crippen molar-refractivity contribution < 1.29 is 4.79 Å². The van der Waals surface area contributed by atoms with Crippen molar-refractivity contribution in [3.05, 3.63) is 30.1 Å². The minimum atomic E-state index is 0. The van der Waals surface area contributed by atoms with E-state index in [9.17, 15) is 4.79 Å². The number of carbonyl (C=O) groups is 1. The summed E-state index contributed by atoms with van der Waals surface area (Å²) in [6, 6.07) is 3.95. The Bertz CT molecular complexity index is 356. The van der Waals surface area contributed by atoms with Gasteiger partial charge in [0.25, 0.3) is 0 Å². The van der Waals surface area contributed by atoms with E-state index in [1.807, 2.05) is 18.3 Å². The first kappa shape index (κ1) is 18.2. The zero-order valence-corrected chi connectivity index (χ0v) is 12.4. The molecule has 1 saturated heterocycles. The van der Waals surface area contributed by atoms with Gasteiger partial charge >= 0.3 is 0 Å². The second-order valence-electron chi connectivity index (χ2n) is 4.40. The molecule has 1 aromatic heterocycles. The third kappa shape index (κ3) is 6.23. The Kier molecular flexibility index (Phi) is 9.57. The number of hydrogen-bond donors (Lipinski definition) is 2. The third-order valence-electron chi connectivity index (χ3n) is 3.06. The standard InChI is InChI=1S/C13H19N3O.2ClH/c17-13(12-5-1-2-8-15-12)16-9-6-11-4-3-7-14-10-11;;/h3-4,7,10,12,15H,1-2,5-6,8-9H2,(H,16,17);2*1H/t12-;;/m1../s1. The van der Waals surface area contributed by atoms with Crippen LogP contribution in [0.5, 0.6) is 0 Å². The molecule has 0 unspecified atom stereocenters. The number of hydrogen-bond acceptors (Lipinski definition) is 3. The zero-order chi connectivity index (χ0) is 11.9. The lowest BCUT2D eigenvalue weighted by Crippen LogP contribution is -2.47. The van der Waals surface area contributed by atoms with Crippen LogP contribution in [-0.4, -0.2) is 30.0 Å². The number of nitrogens with zero attached hydrogens (tertiary/aromatic N) is 1. The van der Waals surface area contributed by atoms with Gasteiger partial charge in [-0.1, -0.05) is 12.5 Å². The van der Waals surface area contributed by atoms with Gasteiger partial charge in [0.15, 0.2) is 0 Å². The van der Waals surface area contributed by atoms with Crippen LogP contribution in [0, 0.1) is 0 Å². The maximum Gasteiger partial charge on any atom is 0.237 e. The number of carbonyl (C=O) groups excluding carboxylic acids is 1. The molecule has 0 spiro atoms. The number of amides is 1. The molecule has 1 amide bonds. The second-order valence-corrected chi connectivity index (χ2v) is 4.40. The molecule has 2 N–H and O–H groups in total. The molecule has 1 fully saturated rings. The molecule has 4 nitrogen and oxygen atoms in total. The van der Waals surface area contributed by atoms with E-state index in [0.717, 1.165) is 31.4 Å². The van der Waals surface area contributed by atoms with Gasteiger partial charge in [0.1, 0.15) is 0 Å². The summed E-state index contributed by atoms with van der Waals surface area (Å²) in [6.45, 7) is 1.64. The highest BCUT2D eigenvalue weighted by Crippen LogP contribution is 2.06. The largest absolute Gasteiger partial charge is 0.354 e. The van der Waals surface area contributed by atoms with Crippen LogP contribution in [0.2, 0.25) is 0 Å². The number of pyridine rings is 1. The van der Waals surface area contributed by atoms with E-state index in [0.29, 0.717) is 6.54 Å². The summed E-state index contributed by atoms with van der Waals surface area (Å²) in [5.74, 6) is 0.133. The molecule has 0 bridgehead atoms. The maximum atomic E-state index is 11.8. The molecule has 1 atom stereocenters. The summed E-state index contributed by atoms with van der Waals surface area (Å²) < 4.78 is 0. The normalized spacial score (nSPS) is 17.8. The lowest BCUT2D eigenvalue weighted by atomic mass is 10.0. The molecular formula is C13H21Cl2N3O. The van der Waals surface area contributed by atoms with Crippen molar-refractivity contribution in [2.24, 2.45) is 0 Å². The number of rotatable bonds is 4. The van der Waals surface area contributed by atoms with Gasteiger partial charge in [-0.15, -0.1) is 24.8 Å². The van der Waals surface area contributed by atoms with Gasteiger partial charge in [-0.05, 0) is 37.4 Å². The predicted octanol–water partition coefficient (Wildman–Crippen LogP) is 1.73. The molecule has 0 aromatic carbocycles. The first-order valence-corrected chi connectivity index (χ1v) is 6.26. The van der Waals surface area contributed by atoms with Crippen molar-refractivity contribution in [1.29, 1.82) is 0 Å². The highest BCUT2D eigenvalue weighted by atomic mass is 35.5. The Balaban J connectivity index is 0.00000162. The molecule has 0 saturated carbocycles. The number of nitrogens with one attached hydrogen (secondary N) is 2. The van der Waals surface area contributed by atoms with Crippen LogP contribution < -0.4 is 10.6 Å². The Morgan fingerprint density at radius 2 is 2.26 bits per heavy atom. The summed E-state index contributed by atoms with van der Waals surface area (Å²) >= 11 is 0. The smallest absolute Gasteiger partial charge is 0.237 e. The fourth-order valence-electron chi connectivity index (χ4n) is 2.07. The SMILES string of the molecule is Cl.Cl.O=C(NCCc1cccnc1)[C@H]1CCCCN1. The molecule has 19 heavy (non-hydrogen) atoms. The van der Waals surface area contributed by atoms with Crippen LogP contribution in [-0.2, 0) is 11.2 Å². The maximum absolute atomic E-state index is 11.8. The third-order valence-corrected chi connectivity index (χ3v) is 3.06. The minimum absolute atomic E-state index is 0. The monoisotopic (exact) mass is 305 g/mol. The van der Waals surface area contributed by atoms with E-state index in [1.54, 1.807) is 6.20 Å². The van der Waals surface area contributed by atoms with Crippen LogP contribution in [0.15, 0.2) is 24.5 Å². The predicted molar refractivity (Wildman–Crippen MR) is 81.1 cm³/mol. The van der Waals surface area contributed by atoms with Crippen molar-refractivity contribution in [2.75, 3.05) is 13.1 Å². The lowest BCUT2D eigenvalue weighted by molar-refractivity contribution is -0.123. The van der Waals surface area contributed by atoms with Gasteiger partial charge in [-0.2, -0.15) is 0 Å². The molecule has 1 aliphatic rings. The van der Waals surface area contributed by atoms with Crippen LogP contribution in [0.4, 0.5) is 0 Å². The first-order chi connectivity index (χ1) is 8.36. The van der Waals surface area contributed by atoms with Gasteiger partial charge < -0.3 is 10.6 Å². The van der Waals surface area contributed by atoms with E-state index < -0.39 is 0 Å². The molecule has 6 heteroatoms. The average molecular weight is 306 g/mol. The molecule has 2 heterocycles. The summed E-state index contributed by atoms with van der Waals surface area (Å²) in [5, 5.41) is 6.21. The zero-order valence-electron chi connectivity index (χ0n) is 10.8. The molecule has 0 radical (unpaired) electrons. The van der Waals surface area contributed by atoms with Crippen molar-refractivity contribution in [2.45, 2.75) is 31.7 Å². The van der Waals surface area contributed by atoms with E-state index in [-0.39, 0.29) is 36.8 Å². The molecule has 1 aliphatic heterocycles. The van der Waals surface area contributed by atoms with Gasteiger partial charge in [0.2, 0.25) is 5.91 Å². The van der Waals surface area contributed by atoms with Crippen molar-refractivity contribution in [3.63, 3.8) is 0 Å². The fraction of sp³-hybridized carbons (Fsp3) is 0.538. The number of halogens is 2. The molecule has 2 rings (SSSR count). The summed E-state index contributed by atoms with van der Waals surface area (Å²) in [7, 11) is 0. The fourth-order valence-corrected chi connectivity index (χ4v) is 2.07. The molecule has 1 aromatic rings. The van der Waals surface area contributed by atoms with Gasteiger partial charge in [-0.3, -0.25) is 9.78 Å². The van der Waals surface area contributed by atoms with Gasteiger partial charge in [0, 0.05) is 18.9 Å². The lowest BCUT2D eigenvalue weighted by Gasteiger charge is -2.22. The van der Waals surface area contributed by atoms with Crippen LogP contribution in [0.1, 0.15) is 24.8 Å². The quantitative estimate of drug-likeness (QED) is 0.891. The molecule has 0 aliphatic carbocycles. The van der Waals surface area contributed by atoms with E-state index in [4.69, 9.17) is 0 Å². The number of aromatic nitrogens is 1. The molecular weight excluding hydrogens is 285 g/mol. The second kappa shape index (κ2) is 10.0. The Hall–Kier alpha value is -0.840. The number of piperidine rings is 1.